The number of nitrogen functional groups attached to an aromatic ring is 1. The fourth-order valence-electron chi connectivity index (χ4n) is 2.15. The van der Waals surface area contributed by atoms with E-state index in [0.29, 0.717) is 10.8 Å². The van der Waals surface area contributed by atoms with Gasteiger partial charge in [0.1, 0.15) is 11.5 Å². The number of aryl methyl sites for hydroxylation is 1. The molecule has 0 spiro atoms. The Balaban J connectivity index is 2.24. The maximum atomic E-state index is 6.18. The van der Waals surface area contributed by atoms with Crippen LogP contribution in [0.25, 0.3) is 22.5 Å². The second kappa shape index (κ2) is 5.50. The van der Waals surface area contributed by atoms with E-state index < -0.39 is 0 Å². The maximum Gasteiger partial charge on any atom is 0.131 e. The lowest BCUT2D eigenvalue weighted by atomic mass is 10.0. The molecule has 106 valence electrons. The number of nitrogens with two attached hydrogens (primary N) is 1. The largest absolute Gasteiger partial charge is 0.383 e. The zero-order chi connectivity index (χ0) is 15.0. The summed E-state index contributed by atoms with van der Waals surface area (Å²) in [6, 6.07) is 11.4. The molecule has 0 unspecified atom stereocenters. The fourth-order valence-corrected chi connectivity index (χ4v) is 2.57. The van der Waals surface area contributed by atoms with Crippen molar-refractivity contribution >= 4 is 33.3 Å². The van der Waals surface area contributed by atoms with E-state index in [0.717, 1.165) is 27.0 Å². The highest BCUT2D eigenvalue weighted by atomic mass is 79.9. The molecular formula is C15H12BrClN4. The zero-order valence-electron chi connectivity index (χ0n) is 11.2. The Morgan fingerprint density at radius 2 is 2.05 bits per heavy atom. The second-order valence-corrected chi connectivity index (χ2v) is 5.84. The SMILES string of the molecule is Cn1nc(-c2ccc(Br)c(Cl)c2)c(-c2ccccn2)c1N. The van der Waals surface area contributed by atoms with Crippen molar-refractivity contribution in [3.63, 3.8) is 0 Å². The van der Waals surface area contributed by atoms with Gasteiger partial charge in [-0.05, 0) is 40.2 Å². The summed E-state index contributed by atoms with van der Waals surface area (Å²) in [5.41, 5.74) is 9.43. The zero-order valence-corrected chi connectivity index (χ0v) is 13.6. The van der Waals surface area contributed by atoms with E-state index in [1.165, 1.54) is 0 Å². The van der Waals surface area contributed by atoms with Gasteiger partial charge in [0.05, 0.1) is 16.3 Å². The van der Waals surface area contributed by atoms with Crippen LogP contribution in [0.2, 0.25) is 5.02 Å². The highest BCUT2D eigenvalue weighted by molar-refractivity contribution is 9.10. The molecule has 0 saturated heterocycles. The van der Waals surface area contributed by atoms with Crippen molar-refractivity contribution in [3.8, 4) is 22.5 Å². The average Bonchev–Trinajstić information content (AvgIpc) is 2.79. The molecule has 1 aromatic carbocycles. The van der Waals surface area contributed by atoms with E-state index in [4.69, 9.17) is 17.3 Å². The molecule has 0 bridgehead atoms. The van der Waals surface area contributed by atoms with Gasteiger partial charge in [-0.25, -0.2) is 0 Å². The Labute approximate surface area is 135 Å². The number of halogens is 2. The number of aromatic nitrogens is 3. The minimum absolute atomic E-state index is 0.572. The summed E-state index contributed by atoms with van der Waals surface area (Å²) >= 11 is 9.57. The molecule has 2 N–H and O–H groups in total. The molecule has 0 amide bonds. The van der Waals surface area contributed by atoms with Crippen molar-refractivity contribution in [1.29, 1.82) is 0 Å². The Morgan fingerprint density at radius 1 is 1.24 bits per heavy atom. The second-order valence-electron chi connectivity index (χ2n) is 4.58. The Morgan fingerprint density at radius 3 is 2.71 bits per heavy atom. The van der Waals surface area contributed by atoms with Gasteiger partial charge < -0.3 is 5.73 Å². The molecular weight excluding hydrogens is 352 g/mol. The first-order chi connectivity index (χ1) is 10.1. The van der Waals surface area contributed by atoms with Gasteiger partial charge in [-0.1, -0.05) is 23.7 Å². The van der Waals surface area contributed by atoms with E-state index in [2.05, 4.69) is 26.0 Å². The van der Waals surface area contributed by atoms with Crippen LogP contribution in [0.3, 0.4) is 0 Å². The maximum absolute atomic E-state index is 6.18. The highest BCUT2D eigenvalue weighted by Gasteiger charge is 2.18. The third-order valence-corrected chi connectivity index (χ3v) is 4.44. The first-order valence-corrected chi connectivity index (χ1v) is 7.44. The predicted molar refractivity (Wildman–Crippen MR) is 89.0 cm³/mol. The third kappa shape index (κ3) is 2.54. The third-order valence-electron chi connectivity index (χ3n) is 3.21. The van der Waals surface area contributed by atoms with Gasteiger partial charge in [-0.15, -0.1) is 0 Å². The molecule has 0 aliphatic carbocycles. The van der Waals surface area contributed by atoms with Crippen molar-refractivity contribution < 1.29 is 0 Å². The van der Waals surface area contributed by atoms with Crippen LogP contribution in [0.1, 0.15) is 0 Å². The van der Waals surface area contributed by atoms with Crippen molar-refractivity contribution in [2.45, 2.75) is 0 Å². The quantitative estimate of drug-likeness (QED) is 0.744. The number of pyridine rings is 1. The van der Waals surface area contributed by atoms with Crippen LogP contribution in [0.15, 0.2) is 47.1 Å². The molecule has 6 heteroatoms. The van der Waals surface area contributed by atoms with E-state index in [9.17, 15) is 0 Å². The number of hydrogen-bond acceptors (Lipinski definition) is 3. The standard InChI is InChI=1S/C15H12BrClN4/c1-21-15(18)13(12-4-2-3-7-19-12)14(20-21)9-5-6-10(16)11(17)8-9/h2-8H,18H2,1H3. The van der Waals surface area contributed by atoms with Gasteiger partial charge in [0.25, 0.3) is 0 Å². The first-order valence-electron chi connectivity index (χ1n) is 6.27. The molecule has 0 fully saturated rings. The Hall–Kier alpha value is -1.85. The summed E-state index contributed by atoms with van der Waals surface area (Å²) in [7, 11) is 1.81. The normalized spacial score (nSPS) is 10.8. The average molecular weight is 364 g/mol. The number of anilines is 1. The predicted octanol–water partition coefficient (Wildman–Crippen LogP) is 4.15. The molecule has 0 aliphatic heterocycles. The van der Waals surface area contributed by atoms with Crippen molar-refractivity contribution in [3.05, 3.63) is 52.1 Å². The van der Waals surface area contributed by atoms with Crippen LogP contribution in [0, 0.1) is 0 Å². The molecule has 0 atom stereocenters. The van der Waals surface area contributed by atoms with Crippen molar-refractivity contribution in [2.24, 2.45) is 7.05 Å². The molecule has 2 heterocycles. The van der Waals surface area contributed by atoms with Crippen LogP contribution in [-0.2, 0) is 7.05 Å². The van der Waals surface area contributed by atoms with Crippen molar-refractivity contribution in [2.75, 3.05) is 5.73 Å². The number of rotatable bonds is 2. The molecule has 3 aromatic rings. The topological polar surface area (TPSA) is 56.7 Å². The minimum Gasteiger partial charge on any atom is -0.383 e. The lowest BCUT2D eigenvalue weighted by Crippen LogP contribution is -1.98. The van der Waals surface area contributed by atoms with E-state index in [1.54, 1.807) is 10.9 Å². The number of nitrogens with zero attached hydrogens (tertiary/aromatic N) is 3. The Kier molecular flexibility index (Phi) is 3.69. The van der Waals surface area contributed by atoms with Gasteiger partial charge in [-0.2, -0.15) is 5.10 Å². The highest BCUT2D eigenvalue weighted by Crippen LogP contribution is 2.36. The summed E-state index contributed by atoms with van der Waals surface area (Å²) in [6.45, 7) is 0. The molecule has 4 nitrogen and oxygen atoms in total. The summed E-state index contributed by atoms with van der Waals surface area (Å²) in [6.07, 6.45) is 1.74. The van der Waals surface area contributed by atoms with Gasteiger partial charge in [-0.3, -0.25) is 9.67 Å². The lowest BCUT2D eigenvalue weighted by molar-refractivity contribution is 0.782. The molecule has 0 saturated carbocycles. The Bertz CT molecular complexity index is 799. The van der Waals surface area contributed by atoms with E-state index >= 15 is 0 Å². The van der Waals surface area contributed by atoms with Crippen LogP contribution in [-0.4, -0.2) is 14.8 Å². The summed E-state index contributed by atoms with van der Waals surface area (Å²) in [5, 5.41) is 5.13. The number of benzene rings is 1. The number of hydrogen-bond donors (Lipinski definition) is 1. The van der Waals surface area contributed by atoms with Gasteiger partial charge in [0.2, 0.25) is 0 Å². The molecule has 21 heavy (non-hydrogen) atoms. The molecule has 3 rings (SSSR count). The van der Waals surface area contributed by atoms with Crippen LogP contribution in [0.5, 0.6) is 0 Å². The summed E-state index contributed by atoms with van der Waals surface area (Å²) in [5.74, 6) is 0.572. The van der Waals surface area contributed by atoms with Gasteiger partial charge in [0, 0.05) is 23.3 Å². The lowest BCUT2D eigenvalue weighted by Gasteiger charge is -2.04. The molecule has 0 radical (unpaired) electrons. The molecule has 2 aromatic heterocycles. The van der Waals surface area contributed by atoms with E-state index in [-0.39, 0.29) is 0 Å². The summed E-state index contributed by atoms with van der Waals surface area (Å²) in [4.78, 5) is 4.37. The van der Waals surface area contributed by atoms with Crippen LogP contribution < -0.4 is 5.73 Å². The van der Waals surface area contributed by atoms with Gasteiger partial charge in [0.15, 0.2) is 0 Å². The van der Waals surface area contributed by atoms with E-state index in [1.807, 2.05) is 43.4 Å². The smallest absolute Gasteiger partial charge is 0.131 e. The van der Waals surface area contributed by atoms with Gasteiger partial charge >= 0.3 is 0 Å². The van der Waals surface area contributed by atoms with Crippen LogP contribution >= 0.6 is 27.5 Å². The first kappa shape index (κ1) is 14.1. The monoisotopic (exact) mass is 362 g/mol. The minimum atomic E-state index is 0.572. The fraction of sp³-hybridized carbons (Fsp3) is 0.0667. The summed E-state index contributed by atoms with van der Waals surface area (Å²) < 4.78 is 2.49. The van der Waals surface area contributed by atoms with Crippen molar-refractivity contribution in [1.82, 2.24) is 14.8 Å². The molecule has 0 aliphatic rings. The van der Waals surface area contributed by atoms with Crippen LogP contribution in [0.4, 0.5) is 5.82 Å².